The second-order valence-corrected chi connectivity index (χ2v) is 7.21. The van der Waals surface area contributed by atoms with Gasteiger partial charge in [0.2, 0.25) is 0 Å². The number of carbonyl (C=O) groups is 1. The predicted molar refractivity (Wildman–Crippen MR) is 84.4 cm³/mol. The molecular weight excluding hydrogens is 268 g/mol. The maximum atomic E-state index is 11.7. The molecule has 1 aliphatic heterocycles. The van der Waals surface area contributed by atoms with Crippen molar-refractivity contribution >= 4 is 6.09 Å². The van der Waals surface area contributed by atoms with E-state index in [0.29, 0.717) is 24.4 Å². The van der Waals surface area contributed by atoms with Crippen molar-refractivity contribution in [2.45, 2.75) is 59.1 Å². The highest BCUT2D eigenvalue weighted by molar-refractivity contribution is 5.67. The number of carbonyl (C=O) groups excluding carboxylic acids is 1. The second kappa shape index (κ2) is 8.59. The van der Waals surface area contributed by atoms with Crippen molar-refractivity contribution in [3.63, 3.8) is 0 Å². The Morgan fingerprint density at radius 3 is 2.57 bits per heavy atom. The van der Waals surface area contributed by atoms with Gasteiger partial charge in [-0.1, -0.05) is 13.8 Å². The summed E-state index contributed by atoms with van der Waals surface area (Å²) < 4.78 is 10.7. The van der Waals surface area contributed by atoms with Crippen LogP contribution in [0, 0.1) is 11.8 Å². The van der Waals surface area contributed by atoms with Gasteiger partial charge in [-0.15, -0.1) is 0 Å². The average Bonchev–Trinajstić information content (AvgIpc) is 2.37. The molecule has 2 N–H and O–H groups in total. The zero-order chi connectivity index (χ0) is 15.9. The number of alkyl carbamates (subject to hydrolysis) is 1. The van der Waals surface area contributed by atoms with Crippen LogP contribution in [0.3, 0.4) is 0 Å². The van der Waals surface area contributed by atoms with Crippen LogP contribution >= 0.6 is 0 Å². The Labute approximate surface area is 129 Å². The molecule has 5 heteroatoms. The van der Waals surface area contributed by atoms with Crippen LogP contribution in [0.25, 0.3) is 0 Å². The molecule has 0 spiro atoms. The van der Waals surface area contributed by atoms with Gasteiger partial charge in [0.25, 0.3) is 0 Å². The largest absolute Gasteiger partial charge is 0.444 e. The third-order valence-electron chi connectivity index (χ3n) is 3.68. The van der Waals surface area contributed by atoms with E-state index in [9.17, 15) is 4.79 Å². The van der Waals surface area contributed by atoms with Crippen LogP contribution < -0.4 is 10.6 Å². The van der Waals surface area contributed by atoms with Gasteiger partial charge in [0.05, 0.1) is 6.61 Å². The molecular formula is C16H32N2O3. The first-order chi connectivity index (χ1) is 9.78. The standard InChI is InChI=1S/C16H32N2O3/c1-12(2)13(9-17-14-7-6-8-20-11-14)10-18-15(19)21-16(3,4)5/h12-14,17H,6-11H2,1-5H3,(H,18,19). The number of hydrogen-bond acceptors (Lipinski definition) is 4. The Morgan fingerprint density at radius 1 is 1.33 bits per heavy atom. The first-order valence-corrected chi connectivity index (χ1v) is 8.06. The molecule has 2 unspecified atom stereocenters. The molecule has 124 valence electrons. The Morgan fingerprint density at radius 2 is 2.05 bits per heavy atom. The third-order valence-corrected chi connectivity index (χ3v) is 3.68. The first-order valence-electron chi connectivity index (χ1n) is 8.06. The molecule has 1 aliphatic rings. The lowest BCUT2D eigenvalue weighted by Gasteiger charge is -2.28. The molecule has 0 aromatic carbocycles. The number of ether oxygens (including phenoxy) is 2. The Hall–Kier alpha value is -0.810. The predicted octanol–water partition coefficient (Wildman–Crippen LogP) is 2.55. The summed E-state index contributed by atoms with van der Waals surface area (Å²) in [6.45, 7) is 13.2. The van der Waals surface area contributed by atoms with E-state index < -0.39 is 5.60 Å². The van der Waals surface area contributed by atoms with Crippen LogP contribution in [-0.2, 0) is 9.47 Å². The van der Waals surface area contributed by atoms with Gasteiger partial charge >= 0.3 is 6.09 Å². The summed E-state index contributed by atoms with van der Waals surface area (Å²) in [7, 11) is 0. The van der Waals surface area contributed by atoms with Crippen LogP contribution in [0.4, 0.5) is 4.79 Å². The molecule has 1 saturated heterocycles. The minimum absolute atomic E-state index is 0.339. The molecule has 0 saturated carbocycles. The van der Waals surface area contributed by atoms with Crippen LogP contribution in [0.15, 0.2) is 0 Å². The molecule has 1 rings (SSSR count). The first kappa shape index (κ1) is 18.2. The summed E-state index contributed by atoms with van der Waals surface area (Å²) in [6.07, 6.45) is 1.96. The third kappa shape index (κ3) is 8.27. The van der Waals surface area contributed by atoms with E-state index in [2.05, 4.69) is 24.5 Å². The minimum Gasteiger partial charge on any atom is -0.444 e. The van der Waals surface area contributed by atoms with Crippen LogP contribution in [0.5, 0.6) is 0 Å². The Kier molecular flexibility index (Phi) is 7.46. The lowest BCUT2D eigenvalue weighted by molar-refractivity contribution is 0.0508. The fraction of sp³-hybridized carbons (Fsp3) is 0.938. The van der Waals surface area contributed by atoms with Gasteiger partial charge in [-0.3, -0.25) is 0 Å². The zero-order valence-electron chi connectivity index (χ0n) is 14.2. The van der Waals surface area contributed by atoms with E-state index in [1.165, 1.54) is 6.42 Å². The number of nitrogens with one attached hydrogen (secondary N) is 2. The van der Waals surface area contributed by atoms with Crippen molar-refractivity contribution in [3.05, 3.63) is 0 Å². The van der Waals surface area contributed by atoms with Gasteiger partial charge in [-0.25, -0.2) is 4.79 Å². The zero-order valence-corrected chi connectivity index (χ0v) is 14.2. The highest BCUT2D eigenvalue weighted by atomic mass is 16.6. The van der Waals surface area contributed by atoms with E-state index in [1.54, 1.807) is 0 Å². The molecule has 0 aliphatic carbocycles. The molecule has 2 atom stereocenters. The van der Waals surface area contributed by atoms with Crippen LogP contribution in [0.2, 0.25) is 0 Å². The van der Waals surface area contributed by atoms with Gasteiger partial charge < -0.3 is 20.1 Å². The van der Waals surface area contributed by atoms with Crippen molar-refractivity contribution in [2.75, 3.05) is 26.3 Å². The quantitative estimate of drug-likeness (QED) is 0.791. The molecule has 0 aromatic heterocycles. The Balaban J connectivity index is 2.30. The normalized spacial score (nSPS) is 21.1. The molecule has 0 radical (unpaired) electrons. The maximum absolute atomic E-state index is 11.7. The molecule has 1 heterocycles. The van der Waals surface area contributed by atoms with Crippen LogP contribution in [0.1, 0.15) is 47.5 Å². The van der Waals surface area contributed by atoms with Crippen molar-refractivity contribution in [2.24, 2.45) is 11.8 Å². The summed E-state index contributed by atoms with van der Waals surface area (Å²) in [4.78, 5) is 11.7. The SMILES string of the molecule is CC(C)C(CNC(=O)OC(C)(C)C)CNC1CCCOC1. The lowest BCUT2D eigenvalue weighted by atomic mass is 9.95. The number of hydrogen-bond donors (Lipinski definition) is 2. The number of amides is 1. The fourth-order valence-corrected chi connectivity index (χ4v) is 2.29. The fourth-order valence-electron chi connectivity index (χ4n) is 2.29. The monoisotopic (exact) mass is 300 g/mol. The van der Waals surface area contributed by atoms with E-state index in [4.69, 9.17) is 9.47 Å². The van der Waals surface area contributed by atoms with Crippen molar-refractivity contribution < 1.29 is 14.3 Å². The summed E-state index contributed by atoms with van der Waals surface area (Å²) in [5.41, 5.74) is -0.449. The molecule has 1 amide bonds. The van der Waals surface area contributed by atoms with Crippen molar-refractivity contribution in [1.29, 1.82) is 0 Å². The second-order valence-electron chi connectivity index (χ2n) is 7.21. The van der Waals surface area contributed by atoms with E-state index in [-0.39, 0.29) is 6.09 Å². The van der Waals surface area contributed by atoms with Crippen molar-refractivity contribution in [3.8, 4) is 0 Å². The summed E-state index contributed by atoms with van der Waals surface area (Å²) in [5, 5.41) is 6.43. The van der Waals surface area contributed by atoms with E-state index in [0.717, 1.165) is 26.2 Å². The van der Waals surface area contributed by atoms with E-state index >= 15 is 0 Å². The topological polar surface area (TPSA) is 59.6 Å². The van der Waals surface area contributed by atoms with Gasteiger partial charge in [-0.2, -0.15) is 0 Å². The van der Waals surface area contributed by atoms with Gasteiger partial charge in [0.15, 0.2) is 0 Å². The summed E-state index contributed by atoms with van der Waals surface area (Å²) >= 11 is 0. The van der Waals surface area contributed by atoms with Gasteiger partial charge in [-0.05, 0) is 45.4 Å². The van der Waals surface area contributed by atoms with Gasteiger partial charge in [0, 0.05) is 25.7 Å². The van der Waals surface area contributed by atoms with Gasteiger partial charge in [0.1, 0.15) is 5.60 Å². The Bertz CT molecular complexity index is 307. The summed E-state index contributed by atoms with van der Waals surface area (Å²) in [6, 6.07) is 0.446. The van der Waals surface area contributed by atoms with E-state index in [1.807, 2.05) is 20.8 Å². The van der Waals surface area contributed by atoms with Crippen LogP contribution in [-0.4, -0.2) is 44.0 Å². The number of rotatable bonds is 6. The highest BCUT2D eigenvalue weighted by Gasteiger charge is 2.20. The molecule has 1 fully saturated rings. The molecule has 21 heavy (non-hydrogen) atoms. The molecule has 5 nitrogen and oxygen atoms in total. The maximum Gasteiger partial charge on any atom is 0.407 e. The summed E-state index contributed by atoms with van der Waals surface area (Å²) in [5.74, 6) is 0.886. The highest BCUT2D eigenvalue weighted by Crippen LogP contribution is 2.12. The van der Waals surface area contributed by atoms with Crippen molar-refractivity contribution in [1.82, 2.24) is 10.6 Å². The molecule has 0 aromatic rings. The average molecular weight is 300 g/mol. The minimum atomic E-state index is -0.449. The smallest absolute Gasteiger partial charge is 0.407 e. The lowest BCUT2D eigenvalue weighted by Crippen LogP contribution is -2.44. The molecule has 0 bridgehead atoms.